The number of carbonyl (C=O) groups is 1. The fraction of sp³-hybridized carbons (Fsp3) is 0.385. The first kappa shape index (κ1) is 14.1. The Labute approximate surface area is 120 Å². The summed E-state index contributed by atoms with van der Waals surface area (Å²) < 4.78 is 0.947. The topological polar surface area (TPSA) is 68.0 Å². The first-order chi connectivity index (χ1) is 9.13. The Bertz CT molecular complexity index is 582. The van der Waals surface area contributed by atoms with E-state index in [1.807, 2.05) is 12.1 Å². The summed E-state index contributed by atoms with van der Waals surface area (Å²) in [4.78, 5) is 16.9. The molecule has 1 amide bonds. The zero-order chi connectivity index (χ0) is 13.8. The lowest BCUT2D eigenvalue weighted by Crippen LogP contribution is -2.25. The van der Waals surface area contributed by atoms with Crippen LogP contribution in [0.25, 0.3) is 10.2 Å². The number of hydrogen-bond acceptors (Lipinski definition) is 5. The van der Waals surface area contributed by atoms with Gasteiger partial charge in [-0.25, -0.2) is 0 Å². The molecule has 2 aromatic rings. The number of thioether (sulfide) groups is 1. The number of thiophene rings is 1. The highest BCUT2D eigenvalue weighted by Crippen LogP contribution is 2.31. The van der Waals surface area contributed by atoms with E-state index in [1.54, 1.807) is 18.0 Å². The molecule has 6 heteroatoms. The van der Waals surface area contributed by atoms with E-state index in [1.165, 1.54) is 11.3 Å². The molecule has 1 atom stereocenters. The van der Waals surface area contributed by atoms with Crippen molar-refractivity contribution < 1.29 is 4.79 Å². The van der Waals surface area contributed by atoms with Gasteiger partial charge in [0.05, 0.1) is 10.4 Å². The van der Waals surface area contributed by atoms with Gasteiger partial charge in [-0.15, -0.1) is 11.3 Å². The highest BCUT2D eigenvalue weighted by atomic mass is 32.2. The number of aromatic nitrogens is 1. The van der Waals surface area contributed by atoms with E-state index in [2.05, 4.69) is 23.5 Å². The molecule has 4 nitrogen and oxygen atoms in total. The number of pyridine rings is 1. The van der Waals surface area contributed by atoms with Gasteiger partial charge in [-0.05, 0) is 24.8 Å². The van der Waals surface area contributed by atoms with Gasteiger partial charge in [0, 0.05) is 18.0 Å². The minimum Gasteiger partial charge on any atom is -0.396 e. The van der Waals surface area contributed by atoms with Crippen LogP contribution in [0.3, 0.4) is 0 Å². The van der Waals surface area contributed by atoms with Crippen molar-refractivity contribution in [2.75, 3.05) is 18.5 Å². The predicted octanol–water partition coefficient (Wildman–Crippen LogP) is 2.75. The number of nitrogens with two attached hydrogens (primary N) is 1. The molecule has 0 aliphatic rings. The zero-order valence-electron chi connectivity index (χ0n) is 11.0. The quantitative estimate of drug-likeness (QED) is 0.890. The normalized spacial score (nSPS) is 12.5. The second-order valence-electron chi connectivity index (χ2n) is 4.29. The molecule has 102 valence electrons. The summed E-state index contributed by atoms with van der Waals surface area (Å²) in [5.74, 6) is -0.103. The molecule has 0 spiro atoms. The summed E-state index contributed by atoms with van der Waals surface area (Å²) in [6.07, 6.45) is 4.71. The summed E-state index contributed by atoms with van der Waals surface area (Å²) >= 11 is 3.19. The largest absolute Gasteiger partial charge is 0.396 e. The predicted molar refractivity (Wildman–Crippen MR) is 84.0 cm³/mol. The van der Waals surface area contributed by atoms with Gasteiger partial charge in [-0.2, -0.15) is 11.8 Å². The molecule has 2 heterocycles. The number of carbonyl (C=O) groups excluding carboxylic acids is 1. The second kappa shape index (κ2) is 6.25. The van der Waals surface area contributed by atoms with Gasteiger partial charge in [0.1, 0.15) is 10.4 Å². The molecule has 0 fully saturated rings. The van der Waals surface area contributed by atoms with Crippen molar-refractivity contribution in [3.8, 4) is 0 Å². The van der Waals surface area contributed by atoms with E-state index >= 15 is 0 Å². The third kappa shape index (κ3) is 3.19. The Kier molecular flexibility index (Phi) is 4.66. The maximum atomic E-state index is 12.1. The monoisotopic (exact) mass is 295 g/mol. The summed E-state index contributed by atoms with van der Waals surface area (Å²) in [5, 5.41) is 3.46. The maximum absolute atomic E-state index is 12.1. The Hall–Kier alpha value is -1.27. The first-order valence-electron chi connectivity index (χ1n) is 6.07. The van der Waals surface area contributed by atoms with Crippen molar-refractivity contribution >= 4 is 44.9 Å². The Morgan fingerprint density at radius 2 is 2.42 bits per heavy atom. The van der Waals surface area contributed by atoms with Crippen LogP contribution in [-0.4, -0.2) is 28.9 Å². The Balaban J connectivity index is 2.07. The maximum Gasteiger partial charge on any atom is 0.263 e. The van der Waals surface area contributed by atoms with E-state index in [-0.39, 0.29) is 5.91 Å². The molecule has 2 rings (SSSR count). The van der Waals surface area contributed by atoms with Gasteiger partial charge in [-0.3, -0.25) is 9.78 Å². The lowest BCUT2D eigenvalue weighted by Gasteiger charge is -2.08. The third-order valence-electron chi connectivity index (χ3n) is 2.93. The van der Waals surface area contributed by atoms with Gasteiger partial charge in [-0.1, -0.05) is 6.92 Å². The van der Waals surface area contributed by atoms with Crippen molar-refractivity contribution in [2.45, 2.75) is 18.6 Å². The summed E-state index contributed by atoms with van der Waals surface area (Å²) in [6.45, 7) is 2.82. The first-order valence-corrected chi connectivity index (χ1v) is 8.18. The van der Waals surface area contributed by atoms with E-state index in [4.69, 9.17) is 5.73 Å². The fourth-order valence-electron chi connectivity index (χ4n) is 1.70. The van der Waals surface area contributed by atoms with Crippen LogP contribution in [0, 0.1) is 0 Å². The Morgan fingerprint density at radius 1 is 1.63 bits per heavy atom. The lowest BCUT2D eigenvalue weighted by molar-refractivity contribution is 0.0958. The highest BCUT2D eigenvalue weighted by Gasteiger charge is 2.16. The van der Waals surface area contributed by atoms with Crippen molar-refractivity contribution in [3.05, 3.63) is 23.2 Å². The van der Waals surface area contributed by atoms with E-state index in [0.29, 0.717) is 22.4 Å². The standard InChI is InChI=1S/C13H17N3OS2/c1-8(18-2)5-7-16-13(17)12-10(14)11-9(19-12)4-3-6-15-11/h3-4,6,8H,5,7,14H2,1-2H3,(H,16,17). The molecule has 2 aromatic heterocycles. The Morgan fingerprint density at radius 3 is 3.11 bits per heavy atom. The third-order valence-corrected chi connectivity index (χ3v) is 5.13. The number of nitrogens with zero attached hydrogens (tertiary/aromatic N) is 1. The average molecular weight is 295 g/mol. The van der Waals surface area contributed by atoms with Crippen LogP contribution in [0.5, 0.6) is 0 Å². The van der Waals surface area contributed by atoms with Crippen molar-refractivity contribution in [1.29, 1.82) is 0 Å². The average Bonchev–Trinajstić information content (AvgIpc) is 2.76. The summed E-state index contributed by atoms with van der Waals surface area (Å²) in [6, 6.07) is 3.77. The number of nitrogen functional groups attached to an aromatic ring is 1. The molecule has 19 heavy (non-hydrogen) atoms. The SMILES string of the molecule is CSC(C)CCNC(=O)c1sc2cccnc2c1N. The number of nitrogens with one attached hydrogen (secondary N) is 1. The molecule has 0 aromatic carbocycles. The zero-order valence-corrected chi connectivity index (χ0v) is 12.6. The molecule has 0 bridgehead atoms. The minimum absolute atomic E-state index is 0.103. The molecule has 0 radical (unpaired) electrons. The molecule has 0 saturated carbocycles. The minimum atomic E-state index is -0.103. The summed E-state index contributed by atoms with van der Waals surface area (Å²) in [5.41, 5.74) is 7.18. The molecule has 3 N–H and O–H groups in total. The molecular weight excluding hydrogens is 278 g/mol. The van der Waals surface area contributed by atoms with Gasteiger partial charge >= 0.3 is 0 Å². The molecule has 0 saturated heterocycles. The van der Waals surface area contributed by atoms with Crippen LogP contribution < -0.4 is 11.1 Å². The smallest absolute Gasteiger partial charge is 0.263 e. The molecule has 0 aliphatic heterocycles. The number of anilines is 1. The van der Waals surface area contributed by atoms with E-state index < -0.39 is 0 Å². The number of hydrogen-bond donors (Lipinski definition) is 2. The molecule has 1 unspecified atom stereocenters. The van der Waals surface area contributed by atoms with Crippen LogP contribution in [0.15, 0.2) is 18.3 Å². The second-order valence-corrected chi connectivity index (χ2v) is 6.61. The number of fused-ring (bicyclic) bond motifs is 1. The van der Waals surface area contributed by atoms with Crippen LogP contribution in [0.2, 0.25) is 0 Å². The van der Waals surface area contributed by atoms with Crippen LogP contribution in [0.4, 0.5) is 5.69 Å². The highest BCUT2D eigenvalue weighted by molar-refractivity contribution is 7.99. The number of amides is 1. The van der Waals surface area contributed by atoms with Crippen LogP contribution in [0.1, 0.15) is 23.0 Å². The molecule has 0 aliphatic carbocycles. The van der Waals surface area contributed by atoms with Crippen molar-refractivity contribution in [1.82, 2.24) is 10.3 Å². The van der Waals surface area contributed by atoms with E-state index in [0.717, 1.165) is 16.6 Å². The van der Waals surface area contributed by atoms with Gasteiger partial charge in [0.2, 0.25) is 0 Å². The lowest BCUT2D eigenvalue weighted by atomic mass is 10.3. The van der Waals surface area contributed by atoms with E-state index in [9.17, 15) is 4.79 Å². The van der Waals surface area contributed by atoms with Crippen molar-refractivity contribution in [3.63, 3.8) is 0 Å². The fourth-order valence-corrected chi connectivity index (χ4v) is 3.05. The van der Waals surface area contributed by atoms with Crippen molar-refractivity contribution in [2.24, 2.45) is 0 Å². The van der Waals surface area contributed by atoms with Gasteiger partial charge in [0.25, 0.3) is 5.91 Å². The van der Waals surface area contributed by atoms with Gasteiger partial charge in [0.15, 0.2) is 0 Å². The summed E-state index contributed by atoms with van der Waals surface area (Å²) in [7, 11) is 0. The molecular formula is C13H17N3OS2. The van der Waals surface area contributed by atoms with Crippen LogP contribution >= 0.6 is 23.1 Å². The number of rotatable bonds is 5. The van der Waals surface area contributed by atoms with Gasteiger partial charge < -0.3 is 11.1 Å². The van der Waals surface area contributed by atoms with Crippen LogP contribution in [-0.2, 0) is 0 Å².